The Balaban J connectivity index is 1.87. The number of ether oxygens (including phenoxy) is 2. The van der Waals surface area contributed by atoms with Gasteiger partial charge in [-0.3, -0.25) is 4.79 Å². The summed E-state index contributed by atoms with van der Waals surface area (Å²) in [6.45, 7) is 2.61. The molecule has 4 nitrogen and oxygen atoms in total. The summed E-state index contributed by atoms with van der Waals surface area (Å²) in [7, 11) is 0. The van der Waals surface area contributed by atoms with Gasteiger partial charge in [-0.2, -0.15) is 0 Å². The zero-order chi connectivity index (χ0) is 15.8. The van der Waals surface area contributed by atoms with Crippen LogP contribution in [-0.2, 0) is 14.3 Å². The van der Waals surface area contributed by atoms with Crippen LogP contribution in [0.2, 0.25) is 0 Å². The summed E-state index contributed by atoms with van der Waals surface area (Å²) in [5.41, 5.74) is 1.18. The lowest BCUT2D eigenvalue weighted by atomic mass is 9.92. The van der Waals surface area contributed by atoms with Crippen LogP contribution in [0.25, 0.3) is 0 Å². The van der Waals surface area contributed by atoms with Crippen molar-refractivity contribution < 1.29 is 19.4 Å². The first-order chi connectivity index (χ1) is 10.7. The van der Waals surface area contributed by atoms with E-state index in [0.29, 0.717) is 13.0 Å². The molecule has 4 heteroatoms. The monoisotopic (exact) mass is 304 g/mol. The summed E-state index contributed by atoms with van der Waals surface area (Å²) in [4.78, 5) is 10.5. The Bertz CT molecular complexity index is 483. The number of rotatable bonds is 7. The minimum atomic E-state index is -0.736. The molecule has 0 aliphatic carbocycles. The van der Waals surface area contributed by atoms with Crippen molar-refractivity contribution in [2.75, 3.05) is 6.61 Å². The average molecular weight is 304 g/mol. The summed E-state index contributed by atoms with van der Waals surface area (Å²) >= 11 is 0. The third-order valence-electron chi connectivity index (χ3n) is 3.81. The Labute approximate surface area is 131 Å². The van der Waals surface area contributed by atoms with Crippen LogP contribution in [0.15, 0.2) is 42.5 Å². The van der Waals surface area contributed by atoms with E-state index in [-0.39, 0.29) is 24.7 Å². The molecule has 0 spiro atoms. The Morgan fingerprint density at radius 1 is 1.32 bits per heavy atom. The van der Waals surface area contributed by atoms with Crippen molar-refractivity contribution in [1.29, 1.82) is 0 Å². The van der Waals surface area contributed by atoms with Crippen LogP contribution in [0, 0.1) is 5.92 Å². The Kier molecular flexibility index (Phi) is 6.62. The van der Waals surface area contributed by atoms with Gasteiger partial charge in [0.1, 0.15) is 0 Å². The maximum absolute atomic E-state index is 10.5. The predicted molar refractivity (Wildman–Crippen MR) is 84.4 cm³/mol. The SMILES string of the molecule is CC1OCC(C/C=C\CCCC(=O)O)C(c2ccccc2)O1. The molecule has 1 fully saturated rings. The van der Waals surface area contributed by atoms with Crippen molar-refractivity contribution in [1.82, 2.24) is 0 Å². The van der Waals surface area contributed by atoms with Gasteiger partial charge in [0.15, 0.2) is 6.29 Å². The first kappa shape index (κ1) is 16.7. The van der Waals surface area contributed by atoms with Gasteiger partial charge < -0.3 is 14.6 Å². The second-order valence-electron chi connectivity index (χ2n) is 5.62. The smallest absolute Gasteiger partial charge is 0.303 e. The molecule has 1 aromatic rings. The Morgan fingerprint density at radius 3 is 2.82 bits per heavy atom. The molecule has 0 aromatic heterocycles. The molecule has 1 aliphatic rings. The number of hydrogen-bond acceptors (Lipinski definition) is 3. The lowest BCUT2D eigenvalue weighted by Crippen LogP contribution is -2.33. The molecule has 3 atom stereocenters. The third-order valence-corrected chi connectivity index (χ3v) is 3.81. The maximum Gasteiger partial charge on any atom is 0.303 e. The van der Waals surface area contributed by atoms with Crippen molar-refractivity contribution in [3.05, 3.63) is 48.0 Å². The molecular formula is C18H24O4. The van der Waals surface area contributed by atoms with Gasteiger partial charge in [-0.25, -0.2) is 0 Å². The molecular weight excluding hydrogens is 280 g/mol. The van der Waals surface area contributed by atoms with E-state index >= 15 is 0 Å². The summed E-state index contributed by atoms with van der Waals surface area (Å²) < 4.78 is 11.6. The highest BCUT2D eigenvalue weighted by atomic mass is 16.7. The van der Waals surface area contributed by atoms with E-state index in [0.717, 1.165) is 12.8 Å². The fraction of sp³-hybridized carbons (Fsp3) is 0.500. The van der Waals surface area contributed by atoms with Crippen LogP contribution in [0.4, 0.5) is 0 Å². The van der Waals surface area contributed by atoms with E-state index in [9.17, 15) is 4.79 Å². The number of unbranched alkanes of at least 4 members (excludes halogenated alkanes) is 1. The fourth-order valence-electron chi connectivity index (χ4n) is 2.65. The highest BCUT2D eigenvalue weighted by Crippen LogP contribution is 2.34. The van der Waals surface area contributed by atoms with E-state index < -0.39 is 5.97 Å². The number of allylic oxidation sites excluding steroid dienone is 2. The molecule has 120 valence electrons. The van der Waals surface area contributed by atoms with E-state index in [1.165, 1.54) is 5.56 Å². The average Bonchev–Trinajstić information content (AvgIpc) is 2.52. The molecule has 1 aliphatic heterocycles. The number of carboxylic acid groups (broad SMARTS) is 1. The summed E-state index contributed by atoms with van der Waals surface area (Å²) in [5, 5.41) is 8.60. The minimum Gasteiger partial charge on any atom is -0.481 e. The largest absolute Gasteiger partial charge is 0.481 e. The molecule has 1 N–H and O–H groups in total. The van der Waals surface area contributed by atoms with E-state index in [1.807, 2.05) is 25.1 Å². The van der Waals surface area contributed by atoms with Crippen LogP contribution < -0.4 is 0 Å². The number of benzene rings is 1. The summed E-state index contributed by atoms with van der Waals surface area (Å²) in [6.07, 6.45) is 6.63. The van der Waals surface area contributed by atoms with Crippen molar-refractivity contribution in [2.24, 2.45) is 5.92 Å². The quantitative estimate of drug-likeness (QED) is 0.612. The molecule has 1 aromatic carbocycles. The number of aliphatic carboxylic acids is 1. The molecule has 2 rings (SSSR count). The molecule has 0 bridgehead atoms. The second-order valence-corrected chi connectivity index (χ2v) is 5.62. The number of hydrogen-bond donors (Lipinski definition) is 1. The Morgan fingerprint density at radius 2 is 2.09 bits per heavy atom. The maximum atomic E-state index is 10.5. The highest BCUT2D eigenvalue weighted by Gasteiger charge is 2.30. The lowest BCUT2D eigenvalue weighted by Gasteiger charge is -2.35. The van der Waals surface area contributed by atoms with Gasteiger partial charge in [-0.1, -0.05) is 42.5 Å². The van der Waals surface area contributed by atoms with Crippen molar-refractivity contribution in [3.8, 4) is 0 Å². The fourth-order valence-corrected chi connectivity index (χ4v) is 2.65. The molecule has 3 unspecified atom stereocenters. The van der Waals surface area contributed by atoms with Gasteiger partial charge >= 0.3 is 5.97 Å². The molecule has 0 amide bonds. The van der Waals surface area contributed by atoms with Gasteiger partial charge in [0, 0.05) is 12.3 Å². The van der Waals surface area contributed by atoms with Crippen LogP contribution in [0.3, 0.4) is 0 Å². The zero-order valence-corrected chi connectivity index (χ0v) is 13.0. The minimum absolute atomic E-state index is 0.0496. The van der Waals surface area contributed by atoms with Gasteiger partial charge in [0.2, 0.25) is 0 Å². The second kappa shape index (κ2) is 8.71. The zero-order valence-electron chi connectivity index (χ0n) is 13.0. The molecule has 0 radical (unpaired) electrons. The van der Waals surface area contributed by atoms with Gasteiger partial charge in [0.05, 0.1) is 12.7 Å². The predicted octanol–water partition coefficient (Wildman–Crippen LogP) is 3.94. The van der Waals surface area contributed by atoms with E-state index in [4.69, 9.17) is 14.6 Å². The number of carbonyl (C=O) groups is 1. The highest BCUT2D eigenvalue weighted by molar-refractivity contribution is 5.66. The van der Waals surface area contributed by atoms with Crippen LogP contribution in [0.5, 0.6) is 0 Å². The number of carboxylic acids is 1. The van der Waals surface area contributed by atoms with Crippen molar-refractivity contribution in [3.63, 3.8) is 0 Å². The molecule has 22 heavy (non-hydrogen) atoms. The van der Waals surface area contributed by atoms with Crippen LogP contribution in [0.1, 0.15) is 44.3 Å². The summed E-state index contributed by atoms with van der Waals surface area (Å²) in [6, 6.07) is 10.2. The topological polar surface area (TPSA) is 55.8 Å². The van der Waals surface area contributed by atoms with E-state index in [1.54, 1.807) is 0 Å². The molecule has 1 heterocycles. The third kappa shape index (κ3) is 5.28. The van der Waals surface area contributed by atoms with E-state index in [2.05, 4.69) is 24.3 Å². The van der Waals surface area contributed by atoms with Crippen molar-refractivity contribution >= 4 is 5.97 Å². The molecule has 1 saturated heterocycles. The molecule has 0 saturated carbocycles. The van der Waals surface area contributed by atoms with Gasteiger partial charge in [-0.05, 0) is 31.7 Å². The normalized spacial score (nSPS) is 25.4. The first-order valence-corrected chi connectivity index (χ1v) is 7.85. The van der Waals surface area contributed by atoms with Gasteiger partial charge in [0.25, 0.3) is 0 Å². The lowest BCUT2D eigenvalue weighted by molar-refractivity contribution is -0.229. The van der Waals surface area contributed by atoms with Crippen LogP contribution >= 0.6 is 0 Å². The van der Waals surface area contributed by atoms with Crippen LogP contribution in [-0.4, -0.2) is 24.0 Å². The standard InChI is InChI=1S/C18H24O4/c1-14-21-13-16(11-5-2-3-8-12-17(19)20)18(22-14)15-9-6-4-7-10-15/h2,4-7,9-10,14,16,18H,3,8,11-13H2,1H3,(H,19,20)/b5-2-. The van der Waals surface area contributed by atoms with Gasteiger partial charge in [-0.15, -0.1) is 0 Å². The first-order valence-electron chi connectivity index (χ1n) is 7.85. The Hall–Kier alpha value is -1.65. The van der Waals surface area contributed by atoms with Crippen molar-refractivity contribution in [2.45, 2.75) is 45.0 Å². The summed E-state index contributed by atoms with van der Waals surface area (Å²) in [5.74, 6) is -0.449.